The molecule has 12 heteroatoms. The Labute approximate surface area is 124 Å². The first-order valence-electron chi connectivity index (χ1n) is 5.44. The molecule has 1 unspecified atom stereocenters. The van der Waals surface area contributed by atoms with Crippen LogP contribution in [0.3, 0.4) is 0 Å². The lowest BCUT2D eigenvalue weighted by Gasteiger charge is -2.12. The predicted octanol–water partition coefficient (Wildman–Crippen LogP) is 2.76. The number of nitrogens with zero attached hydrogens (tertiary/aromatic N) is 3. The molecule has 11 nitrogen and oxygen atoms in total. The second-order valence-electron chi connectivity index (χ2n) is 3.94. The minimum atomic E-state index is -3.00. The highest BCUT2D eigenvalue weighted by Crippen LogP contribution is 2.42. The van der Waals surface area contributed by atoms with Crippen molar-refractivity contribution < 1.29 is 22.7 Å². The standard InChI is InChI=1S/C10H7N5O6S/c11-14(17)8-4-9(21-22(19)20)7-3-5(13-16)1-2-6(7)10(8)15(12)18/h1-4,11-12H,(H,19,20)/p-1. The van der Waals surface area contributed by atoms with Crippen LogP contribution < -0.4 is 4.18 Å². The van der Waals surface area contributed by atoms with Gasteiger partial charge in [-0.15, -0.1) is 4.91 Å². The Bertz CT molecular complexity index is 838. The van der Waals surface area contributed by atoms with Crippen LogP contribution in [0.25, 0.3) is 10.8 Å². The molecule has 22 heavy (non-hydrogen) atoms. The van der Waals surface area contributed by atoms with Crippen LogP contribution in [-0.2, 0) is 11.4 Å². The minimum absolute atomic E-state index is 0.0324. The van der Waals surface area contributed by atoms with E-state index in [1.807, 2.05) is 0 Å². The highest BCUT2D eigenvalue weighted by molar-refractivity contribution is 7.74. The molecule has 0 aliphatic rings. The van der Waals surface area contributed by atoms with Crippen molar-refractivity contribution in [3.63, 3.8) is 0 Å². The van der Waals surface area contributed by atoms with Crippen LogP contribution in [0.1, 0.15) is 0 Å². The van der Waals surface area contributed by atoms with Crippen LogP contribution in [0.5, 0.6) is 5.75 Å². The summed E-state index contributed by atoms with van der Waals surface area (Å²) in [5.41, 5.74) is 13.0. The fourth-order valence-corrected chi connectivity index (χ4v) is 2.20. The molecular weight excluding hydrogens is 318 g/mol. The Balaban J connectivity index is 2.95. The third-order valence-corrected chi connectivity index (χ3v) is 3.03. The van der Waals surface area contributed by atoms with Crippen molar-refractivity contribution in [3.05, 3.63) is 39.6 Å². The van der Waals surface area contributed by atoms with Crippen molar-refractivity contribution >= 4 is 39.2 Å². The highest BCUT2D eigenvalue weighted by Gasteiger charge is 2.27. The molecule has 0 amide bonds. The summed E-state index contributed by atoms with van der Waals surface area (Å²) in [5.74, 6) is -0.387. The molecule has 0 heterocycles. The second kappa shape index (κ2) is 5.79. The summed E-state index contributed by atoms with van der Waals surface area (Å²) < 4.78 is 25.9. The van der Waals surface area contributed by atoms with Gasteiger partial charge in [-0.3, -0.25) is 0 Å². The number of hydrogen-bond donors (Lipinski definition) is 2. The average Bonchev–Trinajstić information content (AvgIpc) is 2.45. The maximum Gasteiger partial charge on any atom is 0.326 e. The van der Waals surface area contributed by atoms with E-state index in [0.29, 0.717) is 0 Å². The molecule has 2 N–H and O–H groups in total. The number of rotatable bonds is 5. The molecule has 2 aromatic carbocycles. The summed E-state index contributed by atoms with van der Waals surface area (Å²) >= 11 is -3.00. The van der Waals surface area contributed by atoms with E-state index in [0.717, 1.165) is 12.1 Å². The zero-order chi connectivity index (χ0) is 16.4. The number of hydrogen-bond acceptors (Lipinski definition) is 9. The fourth-order valence-electron chi connectivity index (χ4n) is 1.92. The van der Waals surface area contributed by atoms with Crippen LogP contribution >= 0.6 is 0 Å². The van der Waals surface area contributed by atoms with Crippen LogP contribution in [0.2, 0.25) is 0 Å². The van der Waals surface area contributed by atoms with Gasteiger partial charge in [0.25, 0.3) is 0 Å². The van der Waals surface area contributed by atoms with Gasteiger partial charge in [-0.25, -0.2) is 4.21 Å². The third-order valence-electron chi connectivity index (χ3n) is 2.72. The van der Waals surface area contributed by atoms with E-state index in [1.54, 1.807) is 0 Å². The van der Waals surface area contributed by atoms with Crippen molar-refractivity contribution in [2.75, 3.05) is 0 Å². The van der Waals surface area contributed by atoms with E-state index in [-0.39, 0.29) is 22.2 Å². The fraction of sp³-hybridized carbons (Fsp3) is 0. The molecule has 0 radical (unpaired) electrons. The van der Waals surface area contributed by atoms with Crippen molar-refractivity contribution in [2.45, 2.75) is 0 Å². The third kappa shape index (κ3) is 2.72. The first kappa shape index (κ1) is 15.4. The largest absolute Gasteiger partial charge is 0.740 e. The van der Waals surface area contributed by atoms with Gasteiger partial charge in [0.2, 0.25) is 0 Å². The average molecular weight is 324 g/mol. The number of benzene rings is 2. The number of nitroso groups, excluding NO2 is 1. The van der Waals surface area contributed by atoms with Gasteiger partial charge in [-0.2, -0.15) is 0 Å². The van der Waals surface area contributed by atoms with E-state index in [1.165, 1.54) is 12.1 Å². The summed E-state index contributed by atoms with van der Waals surface area (Å²) in [7, 11) is 0. The van der Waals surface area contributed by atoms with Crippen molar-refractivity contribution in [2.24, 2.45) is 5.18 Å². The first-order chi connectivity index (χ1) is 10.3. The SMILES string of the molecule is N=[N+]([O-])c1cc(OS(=O)[O-])c2cc(N=O)ccc2c1[N+](=N)[O-]. The smallest absolute Gasteiger partial charge is 0.326 e. The molecule has 0 spiro atoms. The second-order valence-corrected chi connectivity index (χ2v) is 4.51. The lowest BCUT2D eigenvalue weighted by atomic mass is 10.1. The van der Waals surface area contributed by atoms with Crippen LogP contribution in [0.15, 0.2) is 29.4 Å². The molecule has 0 aromatic heterocycles. The molecule has 1 atom stereocenters. The Morgan fingerprint density at radius 3 is 2.32 bits per heavy atom. The van der Waals surface area contributed by atoms with Gasteiger partial charge in [-0.1, -0.05) is 9.72 Å². The maximum atomic E-state index is 11.4. The van der Waals surface area contributed by atoms with Gasteiger partial charge in [0.15, 0.2) is 5.75 Å². The first-order valence-corrected chi connectivity index (χ1v) is 6.44. The molecule has 2 rings (SSSR count). The van der Waals surface area contributed by atoms with Gasteiger partial charge < -0.3 is 19.2 Å². The van der Waals surface area contributed by atoms with E-state index in [4.69, 9.17) is 11.1 Å². The Morgan fingerprint density at radius 1 is 1.14 bits per heavy atom. The maximum absolute atomic E-state index is 11.4. The summed E-state index contributed by atoms with van der Waals surface area (Å²) in [6, 6.07) is 4.32. The van der Waals surface area contributed by atoms with Gasteiger partial charge in [-0.05, 0) is 34.4 Å². The predicted molar refractivity (Wildman–Crippen MR) is 71.0 cm³/mol. The summed E-state index contributed by atoms with van der Waals surface area (Å²) in [6.45, 7) is 0. The molecule has 0 saturated heterocycles. The molecule has 0 fully saturated rings. The Hall–Kier alpha value is -2.99. The Kier molecular flexibility index (Phi) is 4.05. The number of fused-ring (bicyclic) bond motifs is 1. The summed E-state index contributed by atoms with van der Waals surface area (Å²) in [4.78, 5) is 9.71. The summed E-state index contributed by atoms with van der Waals surface area (Å²) in [5, 5.41) is 25.2. The van der Waals surface area contributed by atoms with E-state index < -0.39 is 32.5 Å². The molecule has 2 aromatic rings. The zero-order valence-electron chi connectivity index (χ0n) is 10.5. The molecule has 0 aliphatic carbocycles. The van der Waals surface area contributed by atoms with Gasteiger partial charge >= 0.3 is 11.4 Å². The van der Waals surface area contributed by atoms with Crippen molar-refractivity contribution in [3.8, 4) is 5.75 Å². The van der Waals surface area contributed by atoms with Crippen LogP contribution in [-0.4, -0.2) is 18.5 Å². The van der Waals surface area contributed by atoms with E-state index in [9.17, 15) is 24.1 Å². The Morgan fingerprint density at radius 2 is 1.82 bits per heavy atom. The topological polar surface area (TPSA) is 179 Å². The molecule has 0 aliphatic heterocycles. The minimum Gasteiger partial charge on any atom is -0.740 e. The lowest BCUT2D eigenvalue weighted by Crippen LogP contribution is -2.02. The lowest BCUT2D eigenvalue weighted by molar-refractivity contribution is -0.499. The molecule has 0 saturated carbocycles. The highest BCUT2D eigenvalue weighted by atomic mass is 32.2. The monoisotopic (exact) mass is 324 g/mol. The molecular formula is C10H6N5O6S-. The zero-order valence-corrected chi connectivity index (χ0v) is 11.3. The van der Waals surface area contributed by atoms with E-state index >= 15 is 0 Å². The van der Waals surface area contributed by atoms with Gasteiger partial charge in [0.1, 0.15) is 17.0 Å². The van der Waals surface area contributed by atoms with Crippen LogP contribution in [0, 0.1) is 26.4 Å². The normalized spacial score (nSPS) is 11.9. The number of nitrogens with one attached hydrogen (secondary N) is 2. The van der Waals surface area contributed by atoms with Crippen molar-refractivity contribution in [1.82, 2.24) is 0 Å². The summed E-state index contributed by atoms with van der Waals surface area (Å²) in [6.07, 6.45) is 0. The van der Waals surface area contributed by atoms with Crippen LogP contribution in [0.4, 0.5) is 17.1 Å². The molecule has 0 bridgehead atoms. The molecule has 114 valence electrons. The van der Waals surface area contributed by atoms with E-state index in [2.05, 4.69) is 9.36 Å². The van der Waals surface area contributed by atoms with Crippen molar-refractivity contribution in [1.29, 1.82) is 11.1 Å². The quantitative estimate of drug-likeness (QED) is 0.280. The van der Waals surface area contributed by atoms with Gasteiger partial charge in [0, 0.05) is 5.39 Å². The van der Waals surface area contributed by atoms with Gasteiger partial charge in [0.05, 0.1) is 11.5 Å².